The summed E-state index contributed by atoms with van der Waals surface area (Å²) in [6.45, 7) is -1.08. The third kappa shape index (κ3) is 7.55. The molecule has 0 aromatic heterocycles. The molecule has 1 fully saturated rings. The van der Waals surface area contributed by atoms with Gasteiger partial charge in [0.05, 0.1) is 17.6 Å². The summed E-state index contributed by atoms with van der Waals surface area (Å²) in [5.74, 6) is -7.10. The van der Waals surface area contributed by atoms with Crippen LogP contribution < -0.4 is 10.5 Å². The van der Waals surface area contributed by atoms with Gasteiger partial charge in [0.2, 0.25) is 17.7 Å². The van der Waals surface area contributed by atoms with E-state index in [1.807, 2.05) is 0 Å². The minimum Gasteiger partial charge on any atom is -0.616 e. The predicted octanol–water partition coefficient (Wildman–Crippen LogP) is 2.41. The molecule has 5 atom stereocenters. The number of benzene rings is 1. The van der Waals surface area contributed by atoms with Crippen LogP contribution in [0, 0.1) is 21.8 Å². The van der Waals surface area contributed by atoms with Gasteiger partial charge in [-0.3, -0.25) is 10.1 Å². The molecule has 198 valence electrons. The van der Waals surface area contributed by atoms with E-state index >= 15 is 0 Å². The molecule has 1 aromatic carbocycles. The topological polar surface area (TPSA) is 137 Å². The van der Waals surface area contributed by atoms with E-state index in [0.717, 1.165) is 7.11 Å². The van der Waals surface area contributed by atoms with E-state index in [-0.39, 0.29) is 17.1 Å². The van der Waals surface area contributed by atoms with Crippen LogP contribution in [0.3, 0.4) is 0 Å². The highest BCUT2D eigenvalue weighted by molar-refractivity contribution is 7.91. The molecule has 0 radical (unpaired) electrons. The molecular formula is C18H19F7N2O7S. The van der Waals surface area contributed by atoms with Gasteiger partial charge in [0, 0.05) is 13.0 Å². The van der Waals surface area contributed by atoms with Crippen LogP contribution in [0.5, 0.6) is 5.75 Å². The molecule has 0 unspecified atom stereocenters. The molecule has 1 aliphatic heterocycles. The van der Waals surface area contributed by atoms with E-state index in [9.17, 15) is 50.2 Å². The Balaban J connectivity index is 2.43. The molecule has 0 amide bonds. The lowest BCUT2D eigenvalue weighted by atomic mass is 9.91. The van der Waals surface area contributed by atoms with Crippen LogP contribution >= 0.6 is 0 Å². The lowest BCUT2D eigenvalue weighted by Crippen LogP contribution is -2.55. The number of alkyl halides is 6. The third-order valence-electron chi connectivity index (χ3n) is 4.86. The molecule has 2 N–H and O–H groups in total. The third-order valence-corrected chi connectivity index (χ3v) is 6.42. The molecule has 0 bridgehead atoms. The van der Waals surface area contributed by atoms with Crippen LogP contribution in [0.25, 0.3) is 0 Å². The Labute approximate surface area is 196 Å². The second-order valence-electron chi connectivity index (χ2n) is 7.55. The van der Waals surface area contributed by atoms with E-state index < -0.39 is 88.9 Å². The highest BCUT2D eigenvalue weighted by atomic mass is 32.2. The highest BCUT2D eigenvalue weighted by Gasteiger charge is 2.48. The molecule has 9 nitrogen and oxygen atoms in total. The molecule has 0 aliphatic carbocycles. The van der Waals surface area contributed by atoms with E-state index in [2.05, 4.69) is 14.2 Å². The predicted molar refractivity (Wildman–Crippen MR) is 104 cm³/mol. The van der Waals surface area contributed by atoms with Crippen molar-refractivity contribution in [3.8, 4) is 5.75 Å². The fourth-order valence-corrected chi connectivity index (χ4v) is 4.96. The maximum atomic E-state index is 14.5. The van der Waals surface area contributed by atoms with E-state index in [1.165, 1.54) is 0 Å². The fraction of sp³-hybridized carbons (Fsp3) is 0.611. The highest BCUT2D eigenvalue weighted by Crippen LogP contribution is 2.37. The average Bonchev–Trinajstić information content (AvgIpc) is 2.68. The van der Waals surface area contributed by atoms with E-state index in [1.54, 1.807) is 0 Å². The number of esters is 1. The quantitative estimate of drug-likeness (QED) is 0.175. The summed E-state index contributed by atoms with van der Waals surface area (Å²) >= 11 is -1.67. The molecule has 2 rings (SSSR count). The fourth-order valence-electron chi connectivity index (χ4n) is 3.42. The first-order chi connectivity index (χ1) is 16.0. The van der Waals surface area contributed by atoms with Crippen LogP contribution in [0.4, 0.5) is 36.4 Å². The summed E-state index contributed by atoms with van der Waals surface area (Å²) in [6, 6.07) is -0.0347. The van der Waals surface area contributed by atoms with Crippen molar-refractivity contribution in [2.45, 2.75) is 37.0 Å². The Morgan fingerprint density at radius 2 is 1.89 bits per heavy atom. The number of carbonyl (C=O) groups is 1. The van der Waals surface area contributed by atoms with Crippen LogP contribution in [0.15, 0.2) is 12.1 Å². The number of hydrogen-bond donors (Lipinski definition) is 1. The number of nitrogens with two attached hydrogens (primary N) is 1. The molecular weight excluding hydrogens is 521 g/mol. The first kappa shape index (κ1) is 28.9. The Morgan fingerprint density at radius 3 is 2.40 bits per heavy atom. The van der Waals surface area contributed by atoms with Crippen molar-refractivity contribution >= 4 is 22.8 Å². The van der Waals surface area contributed by atoms with E-state index in [4.69, 9.17) is 5.73 Å². The van der Waals surface area contributed by atoms with Gasteiger partial charge in [-0.2, -0.15) is 30.7 Å². The summed E-state index contributed by atoms with van der Waals surface area (Å²) in [5, 5.41) is 11.2. The zero-order valence-electron chi connectivity index (χ0n) is 17.7. The Morgan fingerprint density at radius 1 is 1.26 bits per heavy atom. The summed E-state index contributed by atoms with van der Waals surface area (Å²) in [7, 11) is 0.905. The lowest BCUT2D eigenvalue weighted by molar-refractivity contribution is -0.389. The molecule has 0 saturated carbocycles. The maximum Gasteiger partial charge on any atom is 0.490 e. The summed E-state index contributed by atoms with van der Waals surface area (Å²) in [4.78, 5) is 21.2. The number of rotatable bonds is 8. The zero-order chi connectivity index (χ0) is 26.7. The van der Waals surface area contributed by atoms with Gasteiger partial charge in [0.15, 0.2) is 0 Å². The van der Waals surface area contributed by atoms with Crippen LogP contribution in [0.1, 0.15) is 5.56 Å². The van der Waals surface area contributed by atoms with Gasteiger partial charge in [0.25, 0.3) is 0 Å². The Kier molecular flexibility index (Phi) is 9.18. The molecule has 35 heavy (non-hydrogen) atoms. The van der Waals surface area contributed by atoms with Crippen molar-refractivity contribution in [3.05, 3.63) is 33.6 Å². The molecule has 1 saturated heterocycles. The van der Waals surface area contributed by atoms with Gasteiger partial charge in [-0.1, -0.05) is 11.2 Å². The Hall–Kier alpha value is -2.37. The number of ether oxygens (including phenoxy) is 3. The monoisotopic (exact) mass is 540 g/mol. The van der Waals surface area contributed by atoms with Gasteiger partial charge >= 0.3 is 24.0 Å². The van der Waals surface area contributed by atoms with Crippen molar-refractivity contribution in [2.24, 2.45) is 11.7 Å². The number of nitrogens with zero attached hydrogens (tertiary/aromatic N) is 1. The van der Waals surface area contributed by atoms with Crippen molar-refractivity contribution in [3.63, 3.8) is 0 Å². The molecule has 0 spiro atoms. The summed E-state index contributed by atoms with van der Waals surface area (Å²) < 4.78 is 118. The van der Waals surface area contributed by atoms with Gasteiger partial charge in [0.1, 0.15) is 17.6 Å². The van der Waals surface area contributed by atoms with Crippen molar-refractivity contribution < 1.29 is 59.2 Å². The van der Waals surface area contributed by atoms with Gasteiger partial charge in [-0.25, -0.2) is 4.79 Å². The number of carbonyl (C=O) groups excluding carboxylic acids is 1. The van der Waals surface area contributed by atoms with Crippen LogP contribution in [-0.4, -0.2) is 71.3 Å². The van der Waals surface area contributed by atoms with Gasteiger partial charge in [-0.05, 0) is 24.1 Å². The van der Waals surface area contributed by atoms with Crippen molar-refractivity contribution in [1.82, 2.24) is 0 Å². The largest absolute Gasteiger partial charge is 0.616 e. The molecule has 1 aliphatic rings. The lowest BCUT2D eigenvalue weighted by Gasteiger charge is -2.36. The molecule has 1 aromatic rings. The smallest absolute Gasteiger partial charge is 0.490 e. The normalized spacial score (nSPS) is 24.1. The van der Waals surface area contributed by atoms with Crippen LogP contribution in [0.2, 0.25) is 0 Å². The minimum absolute atomic E-state index is 0.259. The summed E-state index contributed by atoms with van der Waals surface area (Å²) in [5.41, 5.74) is 4.04. The van der Waals surface area contributed by atoms with E-state index in [0.29, 0.717) is 12.1 Å². The number of nitro benzene ring substituents is 1. The zero-order valence-corrected chi connectivity index (χ0v) is 18.5. The average molecular weight is 540 g/mol. The van der Waals surface area contributed by atoms with Crippen molar-refractivity contribution in [1.29, 1.82) is 0 Å². The van der Waals surface area contributed by atoms with Gasteiger partial charge < -0.3 is 24.5 Å². The second kappa shape index (κ2) is 11.1. The number of nitro groups is 1. The van der Waals surface area contributed by atoms with Gasteiger partial charge in [-0.15, -0.1) is 0 Å². The Bertz CT molecular complexity index is 932. The minimum atomic E-state index is -5.37. The molecule has 17 heteroatoms. The first-order valence-electron chi connectivity index (χ1n) is 9.62. The number of halogens is 7. The summed E-state index contributed by atoms with van der Waals surface area (Å²) in [6.07, 6.45) is -15.3. The first-order valence-corrected chi connectivity index (χ1v) is 11.1. The number of hydrogen-bond acceptors (Lipinski definition) is 8. The van der Waals surface area contributed by atoms with Crippen molar-refractivity contribution in [2.75, 3.05) is 25.2 Å². The second-order valence-corrected chi connectivity index (χ2v) is 9.10. The maximum absolute atomic E-state index is 14.5. The van der Waals surface area contributed by atoms with Crippen LogP contribution in [-0.2, 0) is 31.9 Å². The SMILES string of the molecule is COC[C@@H](Oc1cc(C[C@@H]2C[S@+]([O-])C[C@H](N)[C@H]2OC(=O)C(F)(F)F)cc(F)c1[N+](=O)[O-])C(F)(F)F. The molecule has 1 heterocycles. The number of methoxy groups -OCH3 is 1. The standard InChI is InChI=1S/C18H19F7N2O7S/c1-32-5-13(17(20,21)22)33-12-4-8(3-10(19)14(12)27(29)30)2-9-6-35(31)7-11(26)15(9)34-16(28)18(23,24)25/h3-4,9,11,13,15H,2,5-7,26H2,1H3/t9-,11+,13-,15+,35+/m1/s1.